The topological polar surface area (TPSA) is 52.9 Å². The number of carbonyl (C=O) groups is 1. The number of nitrogens with one attached hydrogen (secondary N) is 1. The Labute approximate surface area is 151 Å². The first-order valence-electron chi connectivity index (χ1n) is 7.40. The second-order valence-electron chi connectivity index (χ2n) is 5.27. The molecule has 5 heteroatoms. The number of allylic oxidation sites excluding steroid dienone is 1. The van der Waals surface area contributed by atoms with Gasteiger partial charge in [0.15, 0.2) is 0 Å². The van der Waals surface area contributed by atoms with Crippen LogP contribution in [0.25, 0.3) is 5.57 Å². The van der Waals surface area contributed by atoms with Gasteiger partial charge >= 0.3 is 0 Å². The molecule has 3 nitrogen and oxygen atoms in total. The lowest BCUT2D eigenvalue weighted by Gasteiger charge is -2.12. The molecule has 122 valence electrons. The van der Waals surface area contributed by atoms with E-state index in [0.29, 0.717) is 33.3 Å². The van der Waals surface area contributed by atoms with Gasteiger partial charge in [0.2, 0.25) is 0 Å². The van der Waals surface area contributed by atoms with Gasteiger partial charge in [-0.25, -0.2) is 0 Å². The Morgan fingerprint density at radius 3 is 2.50 bits per heavy atom. The zero-order valence-corrected chi connectivity index (χ0v) is 14.7. The summed E-state index contributed by atoms with van der Waals surface area (Å²) >= 11 is 12.5. The van der Waals surface area contributed by atoms with E-state index in [1.165, 1.54) is 0 Å². The van der Waals surface area contributed by atoms with Crippen LogP contribution in [0.1, 0.15) is 40.4 Å². The highest BCUT2D eigenvalue weighted by Crippen LogP contribution is 2.33. The van der Waals surface area contributed by atoms with E-state index in [-0.39, 0.29) is 5.91 Å². The molecule has 1 N–H and O–H groups in total. The summed E-state index contributed by atoms with van der Waals surface area (Å²) in [7, 11) is 0. The van der Waals surface area contributed by atoms with E-state index in [9.17, 15) is 4.79 Å². The average molecular weight is 359 g/mol. The minimum Gasteiger partial charge on any atom is -0.348 e. The van der Waals surface area contributed by atoms with Gasteiger partial charge in [0.05, 0.1) is 21.7 Å². The predicted molar refractivity (Wildman–Crippen MR) is 98.1 cm³/mol. The summed E-state index contributed by atoms with van der Waals surface area (Å²) in [6.07, 6.45) is 0.722. The number of benzene rings is 2. The van der Waals surface area contributed by atoms with E-state index in [2.05, 4.69) is 18.0 Å². The van der Waals surface area contributed by atoms with Crippen molar-refractivity contribution in [2.45, 2.75) is 19.9 Å². The molecule has 2 aromatic carbocycles. The molecule has 0 heterocycles. The molecule has 2 aromatic rings. The Morgan fingerprint density at radius 2 is 1.92 bits per heavy atom. The van der Waals surface area contributed by atoms with E-state index in [1.54, 1.807) is 30.3 Å². The van der Waals surface area contributed by atoms with Gasteiger partial charge in [0.1, 0.15) is 0 Å². The number of amides is 1. The van der Waals surface area contributed by atoms with Gasteiger partial charge in [0, 0.05) is 17.7 Å². The summed E-state index contributed by atoms with van der Waals surface area (Å²) in [6, 6.07) is 12.3. The van der Waals surface area contributed by atoms with E-state index in [1.807, 2.05) is 13.0 Å². The minimum atomic E-state index is -0.283. The van der Waals surface area contributed by atoms with Crippen molar-refractivity contribution in [2.75, 3.05) is 0 Å². The summed E-state index contributed by atoms with van der Waals surface area (Å²) in [5, 5.41) is 12.5. The first-order chi connectivity index (χ1) is 11.5. The zero-order valence-electron chi connectivity index (χ0n) is 13.2. The molecule has 24 heavy (non-hydrogen) atoms. The molecule has 0 saturated carbocycles. The standard InChI is InChI=1S/C19H16Cl2N2O/c1-3-12(2)18-16(20)8-15(9-17(18)21)19(24)23-11-14-6-4-5-13(7-14)10-22/h4-9H,2-3,11H2,1H3,(H,23,24). The van der Waals surface area contributed by atoms with Crippen molar-refractivity contribution in [3.05, 3.63) is 75.3 Å². The summed E-state index contributed by atoms with van der Waals surface area (Å²) < 4.78 is 0. The zero-order chi connectivity index (χ0) is 17.7. The molecule has 2 rings (SSSR count). The molecule has 0 radical (unpaired) electrons. The predicted octanol–water partition coefficient (Wildman–Crippen LogP) is 5.22. The van der Waals surface area contributed by atoms with Crippen LogP contribution < -0.4 is 5.32 Å². The van der Waals surface area contributed by atoms with E-state index in [0.717, 1.165) is 17.6 Å². The molecule has 0 saturated heterocycles. The lowest BCUT2D eigenvalue weighted by Crippen LogP contribution is -2.23. The van der Waals surface area contributed by atoms with Gasteiger partial charge in [-0.05, 0) is 41.8 Å². The molecular formula is C19H16Cl2N2O. The highest BCUT2D eigenvalue weighted by atomic mass is 35.5. The summed E-state index contributed by atoms with van der Waals surface area (Å²) in [6.45, 7) is 6.21. The molecule has 0 spiro atoms. The monoisotopic (exact) mass is 358 g/mol. The smallest absolute Gasteiger partial charge is 0.251 e. The van der Waals surface area contributed by atoms with Gasteiger partial charge in [-0.1, -0.05) is 48.8 Å². The van der Waals surface area contributed by atoms with Crippen molar-refractivity contribution in [3.8, 4) is 6.07 Å². The lowest BCUT2D eigenvalue weighted by molar-refractivity contribution is 0.0951. The Kier molecular flexibility index (Phi) is 6.03. The first kappa shape index (κ1) is 18.1. The molecule has 0 bridgehead atoms. The molecule has 0 aromatic heterocycles. The van der Waals surface area contributed by atoms with Crippen LogP contribution in [0.2, 0.25) is 10.0 Å². The fourth-order valence-electron chi connectivity index (χ4n) is 2.25. The number of rotatable bonds is 5. The highest BCUT2D eigenvalue weighted by molar-refractivity contribution is 6.38. The van der Waals surface area contributed by atoms with E-state index < -0.39 is 0 Å². The third kappa shape index (κ3) is 4.17. The van der Waals surface area contributed by atoms with Crippen LogP contribution in [-0.4, -0.2) is 5.91 Å². The fourth-order valence-corrected chi connectivity index (χ4v) is 3.01. The van der Waals surface area contributed by atoms with Crippen molar-refractivity contribution in [1.82, 2.24) is 5.32 Å². The maximum Gasteiger partial charge on any atom is 0.251 e. The normalized spacial score (nSPS) is 10.1. The van der Waals surface area contributed by atoms with Crippen molar-refractivity contribution < 1.29 is 4.79 Å². The molecular weight excluding hydrogens is 343 g/mol. The van der Waals surface area contributed by atoms with Gasteiger partial charge < -0.3 is 5.32 Å². The van der Waals surface area contributed by atoms with Crippen molar-refractivity contribution in [2.24, 2.45) is 0 Å². The van der Waals surface area contributed by atoms with Crippen LogP contribution >= 0.6 is 23.2 Å². The maximum atomic E-state index is 12.3. The highest BCUT2D eigenvalue weighted by Gasteiger charge is 2.14. The van der Waals surface area contributed by atoms with Crippen LogP contribution in [0.4, 0.5) is 0 Å². The van der Waals surface area contributed by atoms with Crippen LogP contribution in [0, 0.1) is 11.3 Å². The number of nitrogens with zero attached hydrogens (tertiary/aromatic N) is 1. The Morgan fingerprint density at radius 1 is 1.25 bits per heavy atom. The van der Waals surface area contributed by atoms with Gasteiger partial charge in [0.25, 0.3) is 5.91 Å². The van der Waals surface area contributed by atoms with Crippen molar-refractivity contribution >= 4 is 34.7 Å². The van der Waals surface area contributed by atoms with Gasteiger partial charge in [-0.3, -0.25) is 4.79 Å². The van der Waals surface area contributed by atoms with Crippen LogP contribution in [-0.2, 0) is 6.54 Å². The van der Waals surface area contributed by atoms with Crippen molar-refractivity contribution in [1.29, 1.82) is 5.26 Å². The fraction of sp³-hybridized carbons (Fsp3) is 0.158. The quantitative estimate of drug-likeness (QED) is 0.796. The van der Waals surface area contributed by atoms with Crippen LogP contribution in [0.15, 0.2) is 43.0 Å². The molecule has 0 aliphatic rings. The summed E-state index contributed by atoms with van der Waals surface area (Å²) in [5.41, 5.74) is 3.28. The van der Waals surface area contributed by atoms with Crippen LogP contribution in [0.3, 0.4) is 0 Å². The molecule has 0 unspecified atom stereocenters. The SMILES string of the molecule is C=C(CC)c1c(Cl)cc(C(=O)NCc2cccc(C#N)c2)cc1Cl. The number of carbonyl (C=O) groups excluding carboxylic acids is 1. The molecule has 0 atom stereocenters. The van der Waals surface area contributed by atoms with Gasteiger partial charge in [-0.2, -0.15) is 5.26 Å². The summed E-state index contributed by atoms with van der Waals surface area (Å²) in [5.74, 6) is -0.283. The average Bonchev–Trinajstić information content (AvgIpc) is 2.58. The van der Waals surface area contributed by atoms with Crippen LogP contribution in [0.5, 0.6) is 0 Å². The largest absolute Gasteiger partial charge is 0.348 e. The maximum absolute atomic E-state index is 12.3. The Balaban J connectivity index is 2.15. The van der Waals surface area contributed by atoms with E-state index >= 15 is 0 Å². The molecule has 1 amide bonds. The number of halogens is 2. The molecule has 0 aliphatic carbocycles. The minimum absolute atomic E-state index is 0.283. The van der Waals surface area contributed by atoms with E-state index in [4.69, 9.17) is 28.5 Å². The third-order valence-electron chi connectivity index (χ3n) is 3.59. The van der Waals surface area contributed by atoms with Gasteiger partial charge in [-0.15, -0.1) is 0 Å². The van der Waals surface area contributed by atoms with Crippen molar-refractivity contribution in [3.63, 3.8) is 0 Å². The molecule has 0 fully saturated rings. The first-order valence-corrected chi connectivity index (χ1v) is 8.16. The number of hydrogen-bond donors (Lipinski definition) is 1. The Hall–Kier alpha value is -2.28. The second kappa shape index (κ2) is 8.01. The number of hydrogen-bond acceptors (Lipinski definition) is 2. The number of nitriles is 1. The molecule has 0 aliphatic heterocycles. The lowest BCUT2D eigenvalue weighted by atomic mass is 10.0. The Bertz CT molecular complexity index is 814. The third-order valence-corrected chi connectivity index (χ3v) is 4.19. The second-order valence-corrected chi connectivity index (χ2v) is 6.08. The summed E-state index contributed by atoms with van der Waals surface area (Å²) in [4.78, 5) is 12.3.